The lowest BCUT2D eigenvalue weighted by atomic mass is 9.91. The van der Waals surface area contributed by atoms with Gasteiger partial charge in [-0.25, -0.2) is 0 Å². The highest BCUT2D eigenvalue weighted by Crippen LogP contribution is 2.30. The Bertz CT molecular complexity index is 763. The average Bonchev–Trinajstić information content (AvgIpc) is 2.58. The number of hydrogen-bond acceptors (Lipinski definition) is 2. The van der Waals surface area contributed by atoms with Gasteiger partial charge in [0, 0.05) is 10.2 Å². The maximum atomic E-state index is 12.4. The second-order valence-corrected chi connectivity index (χ2v) is 7.24. The highest BCUT2D eigenvalue weighted by molar-refractivity contribution is 9.10. The van der Waals surface area contributed by atoms with Crippen LogP contribution in [0.3, 0.4) is 0 Å². The van der Waals surface area contributed by atoms with Crippen molar-refractivity contribution in [3.05, 3.63) is 57.0 Å². The van der Waals surface area contributed by atoms with Crippen LogP contribution in [0.4, 0.5) is 5.69 Å². The lowest BCUT2D eigenvalue weighted by Gasteiger charge is -2.22. The van der Waals surface area contributed by atoms with Gasteiger partial charge in [-0.2, -0.15) is 0 Å². The van der Waals surface area contributed by atoms with Crippen LogP contribution in [0.5, 0.6) is 5.75 Å². The van der Waals surface area contributed by atoms with Gasteiger partial charge >= 0.3 is 0 Å². The Kier molecular flexibility index (Phi) is 5.47. The molecule has 2 aromatic carbocycles. The molecule has 5 heteroatoms. The van der Waals surface area contributed by atoms with E-state index < -0.39 is 6.10 Å². The smallest absolute Gasteiger partial charge is 0.265 e. The number of carbonyl (C=O) groups excluding carboxylic acids is 1. The van der Waals surface area contributed by atoms with E-state index in [1.54, 1.807) is 25.1 Å². The quantitative estimate of drug-likeness (QED) is 0.737. The van der Waals surface area contributed by atoms with Gasteiger partial charge in [-0.3, -0.25) is 4.79 Å². The van der Waals surface area contributed by atoms with E-state index in [9.17, 15) is 4.79 Å². The standard InChI is InChI=1S/C19H19BrClNO2/c1-12(19(23)22-14-9-10-16(20)17(21)11-14)24-18-8-4-6-13-5-2-3-7-15(13)18/h4,6,8-12H,2-3,5,7H2,1H3,(H,22,23)/t12-/m1/s1. The van der Waals surface area contributed by atoms with Gasteiger partial charge in [-0.1, -0.05) is 23.7 Å². The van der Waals surface area contributed by atoms with Crippen LogP contribution in [-0.2, 0) is 17.6 Å². The summed E-state index contributed by atoms with van der Waals surface area (Å²) >= 11 is 9.39. The van der Waals surface area contributed by atoms with Crippen molar-refractivity contribution in [2.75, 3.05) is 5.32 Å². The van der Waals surface area contributed by atoms with Gasteiger partial charge in [0.15, 0.2) is 6.10 Å². The first kappa shape index (κ1) is 17.3. The summed E-state index contributed by atoms with van der Waals surface area (Å²) < 4.78 is 6.74. The lowest BCUT2D eigenvalue weighted by Crippen LogP contribution is -2.30. The summed E-state index contributed by atoms with van der Waals surface area (Å²) in [5.41, 5.74) is 3.24. The summed E-state index contributed by atoms with van der Waals surface area (Å²) in [5.74, 6) is 0.630. The lowest BCUT2D eigenvalue weighted by molar-refractivity contribution is -0.122. The zero-order valence-corrected chi connectivity index (χ0v) is 15.8. The van der Waals surface area contributed by atoms with Gasteiger partial charge in [0.1, 0.15) is 5.75 Å². The zero-order valence-electron chi connectivity index (χ0n) is 13.4. The van der Waals surface area contributed by atoms with E-state index in [4.69, 9.17) is 16.3 Å². The Labute approximate surface area is 155 Å². The molecule has 3 rings (SSSR count). The Morgan fingerprint density at radius 1 is 1.25 bits per heavy atom. The second kappa shape index (κ2) is 7.58. The molecule has 1 atom stereocenters. The largest absolute Gasteiger partial charge is 0.481 e. The van der Waals surface area contributed by atoms with Crippen LogP contribution in [0.1, 0.15) is 30.9 Å². The molecule has 24 heavy (non-hydrogen) atoms. The molecule has 0 heterocycles. The number of fused-ring (bicyclic) bond motifs is 1. The third kappa shape index (κ3) is 3.93. The molecule has 1 N–H and O–H groups in total. The molecule has 3 nitrogen and oxygen atoms in total. The minimum Gasteiger partial charge on any atom is -0.481 e. The van der Waals surface area contributed by atoms with Gasteiger partial charge in [-0.15, -0.1) is 0 Å². The van der Waals surface area contributed by atoms with Crippen LogP contribution in [0, 0.1) is 0 Å². The van der Waals surface area contributed by atoms with Crippen molar-refractivity contribution in [3.8, 4) is 5.75 Å². The summed E-state index contributed by atoms with van der Waals surface area (Å²) in [6.07, 6.45) is 3.91. The Hall–Kier alpha value is -1.52. The molecule has 1 aliphatic carbocycles. The van der Waals surface area contributed by atoms with Crippen molar-refractivity contribution in [2.45, 2.75) is 38.7 Å². The predicted octanol–water partition coefficient (Wildman–Crippen LogP) is 5.39. The number of hydrogen-bond donors (Lipinski definition) is 1. The SMILES string of the molecule is C[C@@H](Oc1cccc2c1CCCC2)C(=O)Nc1ccc(Br)c(Cl)c1. The Balaban J connectivity index is 1.69. The fourth-order valence-electron chi connectivity index (χ4n) is 2.92. The molecule has 0 saturated heterocycles. The fourth-order valence-corrected chi connectivity index (χ4v) is 3.35. The summed E-state index contributed by atoms with van der Waals surface area (Å²) in [6.45, 7) is 1.76. The third-order valence-corrected chi connectivity index (χ3v) is 5.45. The molecule has 0 radical (unpaired) electrons. The molecule has 0 aromatic heterocycles. The molecule has 126 valence electrons. The Morgan fingerprint density at radius 3 is 2.83 bits per heavy atom. The maximum Gasteiger partial charge on any atom is 0.265 e. The van der Waals surface area contributed by atoms with Crippen molar-refractivity contribution in [1.82, 2.24) is 0 Å². The third-order valence-electron chi connectivity index (χ3n) is 4.21. The molecule has 0 fully saturated rings. The van der Waals surface area contributed by atoms with Gasteiger partial charge in [0.05, 0.1) is 5.02 Å². The number of amides is 1. The molecule has 0 spiro atoms. The van der Waals surface area contributed by atoms with Gasteiger partial charge in [0.25, 0.3) is 5.91 Å². The maximum absolute atomic E-state index is 12.4. The van der Waals surface area contributed by atoms with Gasteiger partial charge in [-0.05, 0) is 83.9 Å². The van der Waals surface area contributed by atoms with E-state index in [-0.39, 0.29) is 5.91 Å². The molecule has 1 amide bonds. The molecule has 0 aliphatic heterocycles. The first-order valence-corrected chi connectivity index (χ1v) is 9.25. The van der Waals surface area contributed by atoms with Crippen LogP contribution in [0.2, 0.25) is 5.02 Å². The number of benzene rings is 2. The molecule has 0 unspecified atom stereocenters. The number of halogens is 2. The topological polar surface area (TPSA) is 38.3 Å². The average molecular weight is 409 g/mol. The number of carbonyl (C=O) groups is 1. The first-order chi connectivity index (χ1) is 11.5. The van der Waals surface area contributed by atoms with E-state index in [1.807, 2.05) is 12.1 Å². The van der Waals surface area contributed by atoms with E-state index in [1.165, 1.54) is 24.0 Å². The normalized spacial score (nSPS) is 14.6. The molecular formula is C19H19BrClNO2. The molecule has 0 saturated carbocycles. The number of rotatable bonds is 4. The van der Waals surface area contributed by atoms with Crippen LogP contribution in [0.25, 0.3) is 0 Å². The number of ether oxygens (including phenoxy) is 1. The summed E-state index contributed by atoms with van der Waals surface area (Å²) in [6, 6.07) is 11.4. The second-order valence-electron chi connectivity index (χ2n) is 5.98. The van der Waals surface area contributed by atoms with Crippen LogP contribution in [-0.4, -0.2) is 12.0 Å². The highest BCUT2D eigenvalue weighted by atomic mass is 79.9. The van der Waals surface area contributed by atoms with Gasteiger partial charge < -0.3 is 10.1 Å². The van der Waals surface area contributed by atoms with E-state index in [2.05, 4.69) is 27.3 Å². The minimum absolute atomic E-state index is 0.193. The minimum atomic E-state index is -0.583. The van der Waals surface area contributed by atoms with Crippen LogP contribution >= 0.6 is 27.5 Å². The molecular weight excluding hydrogens is 390 g/mol. The number of nitrogens with one attached hydrogen (secondary N) is 1. The predicted molar refractivity (Wildman–Crippen MR) is 101 cm³/mol. The van der Waals surface area contributed by atoms with Crippen molar-refractivity contribution in [1.29, 1.82) is 0 Å². The van der Waals surface area contributed by atoms with E-state index in [0.717, 1.165) is 23.1 Å². The number of anilines is 1. The molecule has 1 aliphatic rings. The Morgan fingerprint density at radius 2 is 2.04 bits per heavy atom. The van der Waals surface area contributed by atoms with E-state index >= 15 is 0 Å². The van der Waals surface area contributed by atoms with Gasteiger partial charge in [0.2, 0.25) is 0 Å². The monoisotopic (exact) mass is 407 g/mol. The van der Waals surface area contributed by atoms with Crippen molar-refractivity contribution < 1.29 is 9.53 Å². The highest BCUT2D eigenvalue weighted by Gasteiger charge is 2.19. The zero-order chi connectivity index (χ0) is 17.1. The van der Waals surface area contributed by atoms with Crippen LogP contribution < -0.4 is 10.1 Å². The molecule has 2 aromatic rings. The summed E-state index contributed by atoms with van der Waals surface area (Å²) in [7, 11) is 0. The van der Waals surface area contributed by atoms with Crippen molar-refractivity contribution in [2.24, 2.45) is 0 Å². The van der Waals surface area contributed by atoms with Crippen LogP contribution in [0.15, 0.2) is 40.9 Å². The first-order valence-electron chi connectivity index (χ1n) is 8.08. The summed E-state index contributed by atoms with van der Waals surface area (Å²) in [4.78, 5) is 12.4. The molecule has 0 bridgehead atoms. The number of aryl methyl sites for hydroxylation is 1. The fraction of sp³-hybridized carbons (Fsp3) is 0.316. The summed E-state index contributed by atoms with van der Waals surface area (Å²) in [5, 5.41) is 3.39. The van der Waals surface area contributed by atoms with Crippen molar-refractivity contribution in [3.63, 3.8) is 0 Å². The van der Waals surface area contributed by atoms with E-state index in [0.29, 0.717) is 10.7 Å². The van der Waals surface area contributed by atoms with Crippen molar-refractivity contribution >= 4 is 39.1 Å².